The molecule has 0 aliphatic rings. The maximum Gasteiger partial charge on any atom is 0.416 e. The fourth-order valence-electron chi connectivity index (χ4n) is 2.30. The Labute approximate surface area is 166 Å². The average molecular weight is 458 g/mol. The molecule has 0 spiro atoms. The second-order valence-electron chi connectivity index (χ2n) is 6.06. The molecule has 1 amide bonds. The van der Waals surface area contributed by atoms with E-state index in [0.29, 0.717) is 16.4 Å². The second-order valence-corrected chi connectivity index (χ2v) is 8.10. The van der Waals surface area contributed by atoms with Gasteiger partial charge in [0.15, 0.2) is 0 Å². The molecule has 0 aliphatic heterocycles. The first kappa shape index (κ1) is 23.6. The minimum absolute atomic E-state index is 0.110. The van der Waals surface area contributed by atoms with E-state index >= 15 is 0 Å². The number of rotatable bonds is 5. The summed E-state index contributed by atoms with van der Waals surface area (Å²) in [5, 5.41) is 1.83. The molecular weight excluding hydrogens is 445 g/mol. The van der Waals surface area contributed by atoms with Gasteiger partial charge in [-0.1, -0.05) is 0 Å². The van der Waals surface area contributed by atoms with Gasteiger partial charge in [0.1, 0.15) is 5.82 Å². The number of nitrogens with one attached hydrogen (secondary N) is 1. The Kier molecular flexibility index (Phi) is 6.47. The average Bonchev–Trinajstić information content (AvgIpc) is 2.60. The van der Waals surface area contributed by atoms with Crippen LogP contribution in [0.4, 0.5) is 36.4 Å². The molecular formula is C17H13F7N2O3S. The number of anilines is 1. The number of nitrogens with zero attached hydrogens (tertiary/aromatic N) is 1. The zero-order chi connectivity index (χ0) is 22.9. The number of carbonyl (C=O) groups is 1. The van der Waals surface area contributed by atoms with Crippen molar-refractivity contribution in [3.63, 3.8) is 0 Å². The molecule has 30 heavy (non-hydrogen) atoms. The molecule has 0 saturated carbocycles. The van der Waals surface area contributed by atoms with Crippen molar-refractivity contribution in [1.82, 2.24) is 4.31 Å². The summed E-state index contributed by atoms with van der Waals surface area (Å²) in [6, 6.07) is 4.07. The Morgan fingerprint density at radius 1 is 0.933 bits per heavy atom. The van der Waals surface area contributed by atoms with Gasteiger partial charge in [-0.05, 0) is 42.5 Å². The molecule has 2 aromatic carbocycles. The molecule has 13 heteroatoms. The van der Waals surface area contributed by atoms with Crippen LogP contribution in [0.3, 0.4) is 0 Å². The lowest BCUT2D eigenvalue weighted by Gasteiger charge is -2.18. The van der Waals surface area contributed by atoms with Crippen LogP contribution in [-0.4, -0.2) is 32.2 Å². The highest BCUT2D eigenvalue weighted by Gasteiger charge is 2.37. The predicted molar refractivity (Wildman–Crippen MR) is 91.3 cm³/mol. The van der Waals surface area contributed by atoms with Crippen molar-refractivity contribution in [2.75, 3.05) is 18.9 Å². The molecule has 5 nitrogen and oxygen atoms in total. The minimum Gasteiger partial charge on any atom is -0.325 e. The molecule has 0 fully saturated rings. The van der Waals surface area contributed by atoms with E-state index in [2.05, 4.69) is 0 Å². The van der Waals surface area contributed by atoms with Crippen LogP contribution in [0.2, 0.25) is 0 Å². The van der Waals surface area contributed by atoms with Gasteiger partial charge >= 0.3 is 12.4 Å². The summed E-state index contributed by atoms with van der Waals surface area (Å²) in [5.74, 6) is -1.89. The van der Waals surface area contributed by atoms with Crippen molar-refractivity contribution < 1.29 is 43.9 Å². The van der Waals surface area contributed by atoms with Gasteiger partial charge in [-0.3, -0.25) is 4.79 Å². The van der Waals surface area contributed by atoms with Crippen LogP contribution in [0, 0.1) is 5.82 Å². The van der Waals surface area contributed by atoms with Gasteiger partial charge < -0.3 is 5.32 Å². The van der Waals surface area contributed by atoms with Gasteiger partial charge in [0.2, 0.25) is 15.9 Å². The highest BCUT2D eigenvalue weighted by atomic mass is 32.2. The molecule has 0 atom stereocenters. The molecule has 0 aromatic heterocycles. The van der Waals surface area contributed by atoms with Crippen molar-refractivity contribution in [2.45, 2.75) is 17.2 Å². The summed E-state index contributed by atoms with van der Waals surface area (Å²) in [6.45, 7) is -0.919. The first-order valence-electron chi connectivity index (χ1n) is 7.92. The lowest BCUT2D eigenvalue weighted by Crippen LogP contribution is -2.35. The van der Waals surface area contributed by atoms with Crippen LogP contribution in [-0.2, 0) is 27.2 Å². The van der Waals surface area contributed by atoms with Crippen molar-refractivity contribution in [2.24, 2.45) is 0 Å². The van der Waals surface area contributed by atoms with E-state index in [9.17, 15) is 43.9 Å². The van der Waals surface area contributed by atoms with Gasteiger partial charge in [-0.25, -0.2) is 12.8 Å². The van der Waals surface area contributed by atoms with Crippen molar-refractivity contribution in [1.29, 1.82) is 0 Å². The van der Waals surface area contributed by atoms with Gasteiger partial charge in [0.05, 0.1) is 22.6 Å². The number of hydrogen-bond acceptors (Lipinski definition) is 3. The Morgan fingerprint density at radius 3 is 1.83 bits per heavy atom. The van der Waals surface area contributed by atoms with E-state index in [-0.39, 0.29) is 11.0 Å². The van der Waals surface area contributed by atoms with E-state index in [4.69, 9.17) is 0 Å². The molecule has 1 N–H and O–H groups in total. The number of sulfonamides is 1. The van der Waals surface area contributed by atoms with Crippen molar-refractivity contribution in [3.8, 4) is 0 Å². The normalized spacial score (nSPS) is 12.8. The van der Waals surface area contributed by atoms with E-state index in [1.807, 2.05) is 5.32 Å². The fourth-order valence-corrected chi connectivity index (χ4v) is 3.43. The third kappa shape index (κ3) is 5.69. The van der Waals surface area contributed by atoms with Crippen LogP contribution in [0.5, 0.6) is 0 Å². The number of halogens is 7. The maximum absolute atomic E-state index is 12.9. The smallest absolute Gasteiger partial charge is 0.325 e. The molecule has 0 bridgehead atoms. The van der Waals surface area contributed by atoms with Crippen LogP contribution in [0.15, 0.2) is 47.4 Å². The topological polar surface area (TPSA) is 66.5 Å². The summed E-state index contributed by atoms with van der Waals surface area (Å²) in [4.78, 5) is 11.7. The van der Waals surface area contributed by atoms with E-state index < -0.39 is 57.5 Å². The van der Waals surface area contributed by atoms with Gasteiger partial charge in [0, 0.05) is 12.7 Å². The van der Waals surface area contributed by atoms with Crippen LogP contribution >= 0.6 is 0 Å². The Morgan fingerprint density at radius 2 is 1.40 bits per heavy atom. The van der Waals surface area contributed by atoms with Gasteiger partial charge in [0.25, 0.3) is 0 Å². The van der Waals surface area contributed by atoms with Crippen LogP contribution in [0.25, 0.3) is 0 Å². The minimum atomic E-state index is -5.11. The third-order valence-corrected chi connectivity index (χ3v) is 5.58. The summed E-state index contributed by atoms with van der Waals surface area (Å²) in [5.41, 5.74) is -4.09. The highest BCUT2D eigenvalue weighted by molar-refractivity contribution is 7.89. The van der Waals surface area contributed by atoms with Crippen molar-refractivity contribution in [3.05, 3.63) is 59.4 Å². The number of carbonyl (C=O) groups excluding carboxylic acids is 1. The van der Waals surface area contributed by atoms with E-state index in [1.165, 1.54) is 0 Å². The first-order chi connectivity index (χ1) is 13.6. The molecule has 2 aromatic rings. The predicted octanol–water partition coefficient (Wildman–Crippen LogP) is 4.12. The first-order valence-corrected chi connectivity index (χ1v) is 9.36. The Hall–Kier alpha value is -2.67. The number of amides is 1. The van der Waals surface area contributed by atoms with Crippen molar-refractivity contribution >= 4 is 21.6 Å². The fraction of sp³-hybridized carbons (Fsp3) is 0.235. The number of likely N-dealkylation sites (N-methyl/N-ethyl adjacent to an activating group) is 1. The molecule has 0 aliphatic carbocycles. The summed E-state index contributed by atoms with van der Waals surface area (Å²) in [7, 11) is -3.30. The molecule has 0 saturated heterocycles. The zero-order valence-corrected chi connectivity index (χ0v) is 15.8. The van der Waals surface area contributed by atoms with Gasteiger partial charge in [-0.15, -0.1) is 0 Å². The lowest BCUT2D eigenvalue weighted by molar-refractivity contribution is -0.143. The largest absolute Gasteiger partial charge is 0.416 e. The molecule has 0 radical (unpaired) electrons. The SMILES string of the molecule is CN(CC(=O)Nc1cc(C(F)(F)F)cc(C(F)(F)F)c1)S(=O)(=O)c1ccc(F)cc1. The van der Waals surface area contributed by atoms with Gasteiger partial charge in [-0.2, -0.15) is 30.6 Å². The number of hydrogen-bond donors (Lipinski definition) is 1. The molecule has 0 heterocycles. The van der Waals surface area contributed by atoms with Crippen LogP contribution < -0.4 is 5.32 Å². The molecule has 0 unspecified atom stereocenters. The molecule has 2 rings (SSSR count). The zero-order valence-electron chi connectivity index (χ0n) is 15.0. The van der Waals surface area contributed by atoms with E-state index in [0.717, 1.165) is 31.3 Å². The maximum atomic E-state index is 12.9. The Balaban J connectivity index is 2.24. The molecule has 164 valence electrons. The quantitative estimate of drug-likeness (QED) is 0.686. The van der Waals surface area contributed by atoms with E-state index in [1.54, 1.807) is 0 Å². The standard InChI is InChI=1S/C17H13F7N2O3S/c1-26(30(28,29)14-4-2-12(18)3-5-14)9-15(27)25-13-7-10(16(19,20)21)6-11(8-13)17(22,23)24/h2-8H,9H2,1H3,(H,25,27). The third-order valence-electron chi connectivity index (χ3n) is 3.76. The monoisotopic (exact) mass is 458 g/mol. The second kappa shape index (κ2) is 8.22. The Bertz CT molecular complexity index is 1000. The number of benzene rings is 2. The summed E-state index contributed by atoms with van der Waals surface area (Å²) < 4.78 is 115. The number of alkyl halides is 6. The summed E-state index contributed by atoms with van der Waals surface area (Å²) >= 11 is 0. The lowest BCUT2D eigenvalue weighted by atomic mass is 10.1. The highest BCUT2D eigenvalue weighted by Crippen LogP contribution is 2.37. The summed E-state index contributed by atoms with van der Waals surface area (Å²) in [6.07, 6.45) is -10.2. The van der Waals surface area contributed by atoms with Crippen LogP contribution in [0.1, 0.15) is 11.1 Å².